The van der Waals surface area contributed by atoms with Gasteiger partial charge in [0.2, 0.25) is 0 Å². The molecule has 0 unspecified atom stereocenters. The number of aryl methyl sites for hydroxylation is 2. The number of nitrogens with one attached hydrogen (secondary N) is 2. The van der Waals surface area contributed by atoms with E-state index >= 15 is 0 Å². The Hall–Kier alpha value is -3.78. The predicted molar refractivity (Wildman–Crippen MR) is 126 cm³/mol. The zero-order chi connectivity index (χ0) is 22.9. The second-order valence-electron chi connectivity index (χ2n) is 7.44. The zero-order valence-electron chi connectivity index (χ0n) is 17.9. The molecule has 4 aromatic rings. The SMILES string of the molecule is COc1ccc(NS(=O)(=O)c2cc(NC(=O)c3cn(C)c4ccccc34)ccc2C)cc1. The summed E-state index contributed by atoms with van der Waals surface area (Å²) in [6.07, 6.45) is 1.76. The zero-order valence-corrected chi connectivity index (χ0v) is 18.7. The van der Waals surface area contributed by atoms with Gasteiger partial charge in [-0.25, -0.2) is 8.42 Å². The maximum atomic E-state index is 13.0. The largest absolute Gasteiger partial charge is 0.497 e. The molecule has 0 aliphatic heterocycles. The van der Waals surface area contributed by atoms with Crippen LogP contribution in [0.25, 0.3) is 10.9 Å². The van der Waals surface area contributed by atoms with Crippen molar-refractivity contribution in [1.82, 2.24) is 4.57 Å². The molecule has 1 amide bonds. The van der Waals surface area contributed by atoms with Crippen molar-refractivity contribution in [2.75, 3.05) is 17.1 Å². The van der Waals surface area contributed by atoms with E-state index in [1.807, 2.05) is 35.9 Å². The summed E-state index contributed by atoms with van der Waals surface area (Å²) in [5, 5.41) is 3.65. The molecule has 0 fully saturated rings. The van der Waals surface area contributed by atoms with Crippen LogP contribution in [0.3, 0.4) is 0 Å². The first-order valence-electron chi connectivity index (χ1n) is 9.91. The number of ether oxygens (including phenoxy) is 1. The second kappa shape index (κ2) is 8.39. The van der Waals surface area contributed by atoms with Gasteiger partial charge in [-0.05, 0) is 55.0 Å². The van der Waals surface area contributed by atoms with Gasteiger partial charge < -0.3 is 14.6 Å². The minimum absolute atomic E-state index is 0.0871. The van der Waals surface area contributed by atoms with E-state index in [4.69, 9.17) is 4.74 Å². The van der Waals surface area contributed by atoms with Gasteiger partial charge in [0.05, 0.1) is 17.6 Å². The lowest BCUT2D eigenvalue weighted by Gasteiger charge is -2.13. The first kappa shape index (κ1) is 21.5. The van der Waals surface area contributed by atoms with Gasteiger partial charge in [0.1, 0.15) is 5.75 Å². The molecule has 0 bridgehead atoms. The third-order valence-electron chi connectivity index (χ3n) is 5.22. The molecule has 0 spiro atoms. The molecule has 4 rings (SSSR count). The molecule has 0 aliphatic carbocycles. The minimum atomic E-state index is -3.86. The van der Waals surface area contributed by atoms with Crippen LogP contribution in [-0.4, -0.2) is 26.0 Å². The Kier molecular flexibility index (Phi) is 5.63. The maximum Gasteiger partial charge on any atom is 0.262 e. The van der Waals surface area contributed by atoms with Crippen LogP contribution in [0.15, 0.2) is 77.8 Å². The quantitative estimate of drug-likeness (QED) is 0.452. The lowest BCUT2D eigenvalue weighted by Crippen LogP contribution is -2.16. The molecule has 2 N–H and O–H groups in total. The number of carbonyl (C=O) groups excluding carboxylic acids is 1. The fourth-order valence-electron chi connectivity index (χ4n) is 3.56. The van der Waals surface area contributed by atoms with E-state index in [1.54, 1.807) is 56.6 Å². The van der Waals surface area contributed by atoms with E-state index in [2.05, 4.69) is 10.0 Å². The van der Waals surface area contributed by atoms with E-state index in [0.717, 1.165) is 10.9 Å². The fourth-order valence-corrected chi connectivity index (χ4v) is 4.89. The summed E-state index contributed by atoms with van der Waals surface area (Å²) in [7, 11) is -0.446. The summed E-state index contributed by atoms with van der Waals surface area (Å²) in [6, 6.07) is 19.0. The van der Waals surface area contributed by atoms with Crippen LogP contribution < -0.4 is 14.8 Å². The van der Waals surface area contributed by atoms with Crippen molar-refractivity contribution in [3.63, 3.8) is 0 Å². The number of rotatable bonds is 6. The third kappa shape index (κ3) is 4.17. The number of nitrogens with zero attached hydrogens (tertiary/aromatic N) is 1. The summed E-state index contributed by atoms with van der Waals surface area (Å²) in [6.45, 7) is 1.71. The van der Waals surface area contributed by atoms with Gasteiger partial charge in [0.15, 0.2) is 0 Å². The van der Waals surface area contributed by atoms with Crippen LogP contribution >= 0.6 is 0 Å². The van der Waals surface area contributed by atoms with Crippen molar-refractivity contribution in [2.45, 2.75) is 11.8 Å². The lowest BCUT2D eigenvalue weighted by molar-refractivity contribution is 0.102. The molecule has 0 saturated heterocycles. The van der Waals surface area contributed by atoms with Crippen molar-refractivity contribution in [3.05, 3.63) is 84.1 Å². The van der Waals surface area contributed by atoms with Gasteiger partial charge in [-0.1, -0.05) is 24.3 Å². The fraction of sp³-hybridized carbons (Fsp3) is 0.125. The normalized spacial score (nSPS) is 11.3. The topological polar surface area (TPSA) is 89.4 Å². The van der Waals surface area contributed by atoms with Crippen LogP contribution in [-0.2, 0) is 17.1 Å². The Morgan fingerprint density at radius 3 is 2.38 bits per heavy atom. The standard InChI is InChI=1S/C24H23N3O4S/c1-16-8-9-18(25-24(28)21-15-27(2)22-7-5-4-6-20(21)22)14-23(16)32(29,30)26-17-10-12-19(31-3)13-11-17/h4-15,26H,1-3H3,(H,25,28). The third-order valence-corrected chi connectivity index (χ3v) is 6.74. The van der Waals surface area contributed by atoms with Crippen LogP contribution in [0, 0.1) is 6.92 Å². The second-order valence-corrected chi connectivity index (χ2v) is 9.09. The molecule has 7 nitrogen and oxygen atoms in total. The molecular weight excluding hydrogens is 426 g/mol. The Balaban J connectivity index is 1.61. The number of hydrogen-bond donors (Lipinski definition) is 2. The van der Waals surface area contributed by atoms with Crippen molar-refractivity contribution >= 4 is 38.2 Å². The monoisotopic (exact) mass is 449 g/mol. The average Bonchev–Trinajstić information content (AvgIpc) is 3.12. The van der Waals surface area contributed by atoms with Gasteiger partial charge in [-0.2, -0.15) is 0 Å². The molecular formula is C24H23N3O4S. The average molecular weight is 450 g/mol. The Morgan fingerprint density at radius 1 is 0.969 bits per heavy atom. The summed E-state index contributed by atoms with van der Waals surface area (Å²) >= 11 is 0. The smallest absolute Gasteiger partial charge is 0.262 e. The Morgan fingerprint density at radius 2 is 1.66 bits per heavy atom. The molecule has 8 heteroatoms. The molecule has 1 aromatic heterocycles. The number of carbonyl (C=O) groups is 1. The number of benzene rings is 3. The highest BCUT2D eigenvalue weighted by Gasteiger charge is 2.19. The minimum Gasteiger partial charge on any atom is -0.497 e. The molecule has 32 heavy (non-hydrogen) atoms. The molecule has 0 radical (unpaired) electrons. The van der Waals surface area contributed by atoms with Crippen LogP contribution in [0.1, 0.15) is 15.9 Å². The van der Waals surface area contributed by atoms with Crippen LogP contribution in [0.2, 0.25) is 0 Å². The summed E-state index contributed by atoms with van der Waals surface area (Å²) in [5.41, 5.74) is 2.83. The summed E-state index contributed by atoms with van der Waals surface area (Å²) in [5.74, 6) is 0.319. The highest BCUT2D eigenvalue weighted by Crippen LogP contribution is 2.26. The maximum absolute atomic E-state index is 13.0. The van der Waals surface area contributed by atoms with E-state index in [0.29, 0.717) is 28.3 Å². The predicted octanol–water partition coefficient (Wildman–Crippen LogP) is 4.55. The number of amides is 1. The summed E-state index contributed by atoms with van der Waals surface area (Å²) in [4.78, 5) is 13.0. The first-order chi connectivity index (χ1) is 15.3. The Bertz CT molecular complexity index is 1410. The molecule has 3 aromatic carbocycles. The number of hydrogen-bond acceptors (Lipinski definition) is 4. The Labute approximate surface area is 186 Å². The van der Waals surface area contributed by atoms with E-state index in [-0.39, 0.29) is 10.8 Å². The summed E-state index contributed by atoms with van der Waals surface area (Å²) < 4.78 is 35.6. The highest BCUT2D eigenvalue weighted by atomic mass is 32.2. The molecule has 0 atom stereocenters. The van der Waals surface area contributed by atoms with Gasteiger partial charge in [0.25, 0.3) is 15.9 Å². The number of anilines is 2. The van der Waals surface area contributed by atoms with Crippen LogP contribution in [0.5, 0.6) is 5.75 Å². The number of methoxy groups -OCH3 is 1. The number of aromatic nitrogens is 1. The highest BCUT2D eigenvalue weighted by molar-refractivity contribution is 7.92. The van der Waals surface area contributed by atoms with Crippen molar-refractivity contribution in [3.8, 4) is 5.75 Å². The van der Waals surface area contributed by atoms with Crippen molar-refractivity contribution < 1.29 is 17.9 Å². The number of para-hydroxylation sites is 1. The number of sulfonamides is 1. The molecule has 0 aliphatic rings. The van der Waals surface area contributed by atoms with Gasteiger partial charge >= 0.3 is 0 Å². The molecule has 0 saturated carbocycles. The van der Waals surface area contributed by atoms with Gasteiger partial charge in [-0.15, -0.1) is 0 Å². The van der Waals surface area contributed by atoms with E-state index in [9.17, 15) is 13.2 Å². The van der Waals surface area contributed by atoms with Crippen LogP contribution in [0.4, 0.5) is 11.4 Å². The first-order valence-corrected chi connectivity index (χ1v) is 11.4. The van der Waals surface area contributed by atoms with Crippen molar-refractivity contribution in [2.24, 2.45) is 7.05 Å². The van der Waals surface area contributed by atoms with E-state index < -0.39 is 10.0 Å². The molecule has 1 heterocycles. The number of fused-ring (bicyclic) bond motifs is 1. The molecule has 164 valence electrons. The van der Waals surface area contributed by atoms with Crippen molar-refractivity contribution in [1.29, 1.82) is 0 Å². The van der Waals surface area contributed by atoms with E-state index in [1.165, 1.54) is 6.07 Å². The van der Waals surface area contributed by atoms with Gasteiger partial charge in [0, 0.05) is 35.5 Å². The lowest BCUT2D eigenvalue weighted by atomic mass is 10.1. The van der Waals surface area contributed by atoms with Gasteiger partial charge in [-0.3, -0.25) is 9.52 Å².